The Bertz CT molecular complexity index is 115. The van der Waals surface area contributed by atoms with Crippen LogP contribution in [0, 0.1) is 0 Å². The second-order valence-corrected chi connectivity index (χ2v) is 1.48. The van der Waals surface area contributed by atoms with Gasteiger partial charge in [-0.15, -0.1) is 0 Å². The lowest BCUT2D eigenvalue weighted by atomic mass is 11.3. The van der Waals surface area contributed by atoms with E-state index in [1.54, 1.807) is 0 Å². The Morgan fingerprint density at radius 2 is 2.67 bits per heavy atom. The van der Waals surface area contributed by atoms with Gasteiger partial charge in [-0.05, 0) is 0 Å². The molecule has 0 aliphatic carbocycles. The summed E-state index contributed by atoms with van der Waals surface area (Å²) in [4.78, 5) is 3.38. The highest BCUT2D eigenvalue weighted by atomic mass is 32.1. The van der Waals surface area contributed by atoms with Gasteiger partial charge < -0.3 is 5.11 Å². The predicted molar refractivity (Wildman–Crippen MR) is 21.6 cm³/mol. The van der Waals surface area contributed by atoms with E-state index in [0.717, 1.165) is 11.5 Å². The third kappa shape index (κ3) is 0.463. The van der Waals surface area contributed by atoms with Crippen LogP contribution in [0.2, 0.25) is 0 Å². The molecule has 0 radical (unpaired) electrons. The van der Waals surface area contributed by atoms with Gasteiger partial charge in [0.1, 0.15) is 6.33 Å². The molecule has 0 atom stereocenters. The third-order valence-electron chi connectivity index (χ3n) is 0.350. The van der Waals surface area contributed by atoms with E-state index in [1.807, 2.05) is 0 Å². The van der Waals surface area contributed by atoms with Gasteiger partial charge in [-0.25, -0.2) is 0 Å². The Hall–Kier alpha value is -0.640. The van der Waals surface area contributed by atoms with Gasteiger partial charge >= 0.3 is 0 Å². The molecule has 0 aromatic carbocycles. The van der Waals surface area contributed by atoms with Crippen LogP contribution in [0.15, 0.2) is 6.33 Å². The first kappa shape index (κ1) is 3.55. The summed E-state index contributed by atoms with van der Waals surface area (Å²) in [6, 6.07) is 0. The van der Waals surface area contributed by atoms with Crippen LogP contribution in [0.1, 0.15) is 0 Å². The minimum absolute atomic E-state index is 0.0231. The van der Waals surface area contributed by atoms with E-state index in [9.17, 15) is 0 Å². The molecule has 0 spiro atoms. The van der Waals surface area contributed by atoms with Crippen LogP contribution in [0.4, 0.5) is 0 Å². The zero-order valence-electron chi connectivity index (χ0n) is 2.83. The van der Waals surface area contributed by atoms with Crippen molar-refractivity contribution in [2.45, 2.75) is 0 Å². The second-order valence-electron chi connectivity index (χ2n) is 0.724. The summed E-state index contributed by atoms with van der Waals surface area (Å²) in [5.74, 6) is 0. The van der Waals surface area contributed by atoms with Gasteiger partial charge in [0, 0.05) is 11.5 Å². The van der Waals surface area contributed by atoms with Gasteiger partial charge in [-0.1, -0.05) is 0 Å². The minimum atomic E-state index is 0.0231. The standard InChI is InChI=1S/C2H2N2OS/c5-2-3-1-4-6-2/h1H,(H,3,4,5). The predicted octanol–water partition coefficient (Wildman–Crippen LogP) is 0.244. The smallest absolute Gasteiger partial charge is 0.290 e. The van der Waals surface area contributed by atoms with Crippen LogP contribution in [0.3, 0.4) is 0 Å². The van der Waals surface area contributed by atoms with Crippen molar-refractivity contribution < 1.29 is 5.11 Å². The van der Waals surface area contributed by atoms with Crippen molar-refractivity contribution in [1.82, 2.24) is 9.36 Å². The summed E-state index contributed by atoms with van der Waals surface area (Å²) in [5, 5.41) is 8.34. The average molecular weight is 102 g/mol. The maximum absolute atomic E-state index is 8.32. The van der Waals surface area contributed by atoms with Crippen molar-refractivity contribution in [3.8, 4) is 5.19 Å². The molecule has 0 unspecified atom stereocenters. The highest BCUT2D eigenvalue weighted by molar-refractivity contribution is 7.07. The van der Waals surface area contributed by atoms with E-state index in [4.69, 9.17) is 5.11 Å². The molecule has 1 N–H and O–H groups in total. The average Bonchev–Trinajstić information content (AvgIpc) is 1.86. The topological polar surface area (TPSA) is 46.0 Å². The maximum Gasteiger partial charge on any atom is 0.290 e. The Balaban J connectivity index is 3.05. The molecule has 1 heterocycles. The van der Waals surface area contributed by atoms with Crippen molar-refractivity contribution in [3.63, 3.8) is 0 Å². The number of aromatic hydroxyl groups is 1. The molecule has 0 aliphatic rings. The fraction of sp³-hybridized carbons (Fsp3) is 0. The quantitative estimate of drug-likeness (QED) is 0.510. The molecule has 0 saturated carbocycles. The van der Waals surface area contributed by atoms with Gasteiger partial charge in [0.2, 0.25) is 0 Å². The zero-order valence-corrected chi connectivity index (χ0v) is 3.64. The Labute approximate surface area is 38.4 Å². The minimum Gasteiger partial charge on any atom is -0.485 e. The first-order valence-corrected chi connectivity index (χ1v) is 2.12. The van der Waals surface area contributed by atoms with Gasteiger partial charge in [0.25, 0.3) is 5.19 Å². The van der Waals surface area contributed by atoms with Crippen molar-refractivity contribution >= 4 is 11.5 Å². The molecule has 1 rings (SSSR count). The fourth-order valence-corrected chi connectivity index (χ4v) is 0.450. The molecule has 0 saturated heterocycles. The van der Waals surface area contributed by atoms with E-state index < -0.39 is 0 Å². The maximum atomic E-state index is 8.32. The molecule has 1 aromatic rings. The van der Waals surface area contributed by atoms with Crippen molar-refractivity contribution in [2.75, 3.05) is 0 Å². The number of nitrogens with zero attached hydrogens (tertiary/aromatic N) is 2. The van der Waals surface area contributed by atoms with E-state index in [0.29, 0.717) is 0 Å². The van der Waals surface area contributed by atoms with Crippen LogP contribution >= 0.6 is 11.5 Å². The monoisotopic (exact) mass is 102 g/mol. The molecule has 0 fully saturated rings. The molecular formula is C2H2N2OS. The molecule has 6 heavy (non-hydrogen) atoms. The van der Waals surface area contributed by atoms with Crippen LogP contribution in [0.5, 0.6) is 5.19 Å². The lowest BCUT2D eigenvalue weighted by Crippen LogP contribution is -1.50. The fourth-order valence-electron chi connectivity index (χ4n) is 0.167. The summed E-state index contributed by atoms with van der Waals surface area (Å²) in [7, 11) is 0. The largest absolute Gasteiger partial charge is 0.485 e. The third-order valence-corrected chi connectivity index (χ3v) is 0.818. The summed E-state index contributed by atoms with van der Waals surface area (Å²) in [6.45, 7) is 0. The SMILES string of the molecule is Oc1ncns1. The van der Waals surface area contributed by atoms with Crippen LogP contribution < -0.4 is 0 Å². The van der Waals surface area contributed by atoms with Crippen molar-refractivity contribution in [2.24, 2.45) is 0 Å². The molecule has 0 aliphatic heterocycles. The molecule has 0 amide bonds. The van der Waals surface area contributed by atoms with E-state index in [1.165, 1.54) is 6.33 Å². The van der Waals surface area contributed by atoms with Crippen LogP contribution in [-0.2, 0) is 0 Å². The highest BCUT2D eigenvalue weighted by Gasteiger charge is 1.81. The zero-order chi connectivity index (χ0) is 4.41. The lowest BCUT2D eigenvalue weighted by Gasteiger charge is -1.63. The Morgan fingerprint density at radius 1 is 1.83 bits per heavy atom. The summed E-state index contributed by atoms with van der Waals surface area (Å²) in [6.07, 6.45) is 1.31. The van der Waals surface area contributed by atoms with Crippen LogP contribution in [0.25, 0.3) is 0 Å². The number of aromatic nitrogens is 2. The second kappa shape index (κ2) is 1.22. The van der Waals surface area contributed by atoms with Gasteiger partial charge in [0.15, 0.2) is 0 Å². The van der Waals surface area contributed by atoms with Crippen molar-refractivity contribution in [1.29, 1.82) is 0 Å². The summed E-state index contributed by atoms with van der Waals surface area (Å²) < 4.78 is 3.50. The summed E-state index contributed by atoms with van der Waals surface area (Å²) in [5.41, 5.74) is 0. The highest BCUT2D eigenvalue weighted by Crippen LogP contribution is 2.04. The molecule has 3 nitrogen and oxygen atoms in total. The van der Waals surface area contributed by atoms with Gasteiger partial charge in [-0.3, -0.25) is 0 Å². The van der Waals surface area contributed by atoms with Gasteiger partial charge in [-0.2, -0.15) is 9.36 Å². The number of rotatable bonds is 0. The molecular weight excluding hydrogens is 100 g/mol. The molecule has 0 bridgehead atoms. The molecule has 32 valence electrons. The van der Waals surface area contributed by atoms with Crippen molar-refractivity contribution in [3.05, 3.63) is 6.33 Å². The van der Waals surface area contributed by atoms with Gasteiger partial charge in [0.05, 0.1) is 0 Å². The number of hydrogen-bond acceptors (Lipinski definition) is 4. The number of hydrogen-bond donors (Lipinski definition) is 1. The Kier molecular flexibility index (Phi) is 0.719. The van der Waals surface area contributed by atoms with E-state index in [-0.39, 0.29) is 5.19 Å². The van der Waals surface area contributed by atoms with Crippen LogP contribution in [-0.4, -0.2) is 14.5 Å². The summed E-state index contributed by atoms with van der Waals surface area (Å²) >= 11 is 0.972. The van der Waals surface area contributed by atoms with E-state index >= 15 is 0 Å². The normalized spacial score (nSPS) is 8.67. The molecule has 4 heteroatoms. The van der Waals surface area contributed by atoms with E-state index in [2.05, 4.69) is 9.36 Å². The first-order valence-electron chi connectivity index (χ1n) is 1.35. The first-order chi connectivity index (χ1) is 2.89. The lowest BCUT2D eigenvalue weighted by molar-refractivity contribution is 0.471. The Morgan fingerprint density at radius 3 is 2.83 bits per heavy atom. The molecule has 1 aromatic heterocycles.